The van der Waals surface area contributed by atoms with Crippen molar-refractivity contribution >= 4 is 0 Å². The number of rotatable bonds is 0. The van der Waals surface area contributed by atoms with Gasteiger partial charge >= 0.3 is 6.18 Å². The van der Waals surface area contributed by atoms with E-state index in [4.69, 9.17) is 0 Å². The van der Waals surface area contributed by atoms with Crippen LogP contribution in [0.2, 0.25) is 0 Å². The second kappa shape index (κ2) is 3.46. The first kappa shape index (κ1) is 8.88. The van der Waals surface area contributed by atoms with Gasteiger partial charge in [-0.3, -0.25) is 0 Å². The van der Waals surface area contributed by atoms with Crippen LogP contribution in [0.4, 0.5) is 13.2 Å². The highest BCUT2D eigenvalue weighted by atomic mass is 19.4. The van der Waals surface area contributed by atoms with Crippen LogP contribution < -0.4 is 0 Å². The molecule has 1 unspecified atom stereocenters. The number of alkyl halides is 3. The van der Waals surface area contributed by atoms with E-state index in [9.17, 15) is 13.2 Å². The zero-order valence-corrected chi connectivity index (χ0v) is 6.32. The average molecular weight is 165 g/mol. The summed E-state index contributed by atoms with van der Waals surface area (Å²) in [5.41, 5.74) is 0. The topological polar surface area (TPSA) is 0 Å². The second-order valence-electron chi connectivity index (χ2n) is 3.05. The van der Waals surface area contributed by atoms with E-state index in [1.807, 2.05) is 0 Å². The third-order valence-electron chi connectivity index (χ3n) is 2.12. The van der Waals surface area contributed by atoms with Gasteiger partial charge in [-0.15, -0.1) is 0 Å². The quantitative estimate of drug-likeness (QED) is 0.483. The Balaban J connectivity index is 2.43. The molecule has 65 valence electrons. The molecule has 0 aromatic rings. The van der Waals surface area contributed by atoms with Crippen molar-refractivity contribution in [3.05, 3.63) is 6.42 Å². The van der Waals surface area contributed by atoms with Crippen LogP contribution in [-0.4, -0.2) is 6.18 Å². The number of halogens is 3. The Morgan fingerprint density at radius 1 is 1.18 bits per heavy atom. The highest BCUT2D eigenvalue weighted by Gasteiger charge is 2.38. The Morgan fingerprint density at radius 2 is 1.91 bits per heavy atom. The van der Waals surface area contributed by atoms with Crippen LogP contribution in [0.5, 0.6) is 0 Å². The summed E-state index contributed by atoms with van der Waals surface area (Å²) in [6.45, 7) is 0. The smallest absolute Gasteiger partial charge is 0.171 e. The molecule has 0 aliphatic heterocycles. The van der Waals surface area contributed by atoms with Gasteiger partial charge in [-0.05, 0) is 19.3 Å². The van der Waals surface area contributed by atoms with Crippen molar-refractivity contribution in [2.45, 2.75) is 38.3 Å². The van der Waals surface area contributed by atoms with Crippen molar-refractivity contribution < 1.29 is 13.2 Å². The summed E-state index contributed by atoms with van der Waals surface area (Å²) < 4.78 is 36.3. The summed E-state index contributed by atoms with van der Waals surface area (Å²) in [7, 11) is 0. The molecule has 0 heterocycles. The monoisotopic (exact) mass is 165 g/mol. The van der Waals surface area contributed by atoms with E-state index >= 15 is 0 Å². The van der Waals surface area contributed by atoms with Gasteiger partial charge in [0.2, 0.25) is 0 Å². The fraction of sp³-hybridized carbons (Fsp3) is 0.875. The van der Waals surface area contributed by atoms with Gasteiger partial charge in [-0.2, -0.15) is 13.2 Å². The van der Waals surface area contributed by atoms with E-state index in [0.29, 0.717) is 6.42 Å². The maximum Gasteiger partial charge on any atom is 0.391 e. The van der Waals surface area contributed by atoms with E-state index in [1.54, 1.807) is 6.42 Å². The molecule has 3 heteroatoms. The summed E-state index contributed by atoms with van der Waals surface area (Å²) >= 11 is 0. The highest BCUT2D eigenvalue weighted by Crippen LogP contribution is 2.35. The van der Waals surface area contributed by atoms with Crippen molar-refractivity contribution in [1.82, 2.24) is 0 Å². The summed E-state index contributed by atoms with van der Waals surface area (Å²) in [6.07, 6.45) is 0.843. The van der Waals surface area contributed by atoms with Gasteiger partial charge in [-0.1, -0.05) is 19.3 Å². The van der Waals surface area contributed by atoms with Crippen molar-refractivity contribution in [2.24, 2.45) is 5.92 Å². The van der Waals surface area contributed by atoms with Crippen LogP contribution in [-0.2, 0) is 0 Å². The molecule has 1 aliphatic carbocycles. The minimum atomic E-state index is -3.97. The van der Waals surface area contributed by atoms with Gasteiger partial charge in [-0.25, -0.2) is 0 Å². The average Bonchev–Trinajstić information content (AvgIpc) is 2.10. The molecule has 0 amide bonds. The van der Waals surface area contributed by atoms with E-state index < -0.39 is 12.1 Å². The molecule has 0 aromatic heterocycles. The molecule has 0 spiro atoms. The maximum atomic E-state index is 12.1. The molecule has 1 rings (SSSR count). The van der Waals surface area contributed by atoms with Gasteiger partial charge in [0, 0.05) is 0 Å². The van der Waals surface area contributed by atoms with Crippen molar-refractivity contribution in [2.75, 3.05) is 0 Å². The van der Waals surface area contributed by atoms with Gasteiger partial charge < -0.3 is 0 Å². The fourth-order valence-corrected chi connectivity index (χ4v) is 1.41. The van der Waals surface area contributed by atoms with Crippen LogP contribution in [0, 0.1) is 12.3 Å². The Hall–Kier alpha value is -0.210. The van der Waals surface area contributed by atoms with Gasteiger partial charge in [0.25, 0.3) is 0 Å². The molecular formula is C8H12F3. The van der Waals surface area contributed by atoms with E-state index in [0.717, 1.165) is 19.3 Å². The summed E-state index contributed by atoms with van der Waals surface area (Å²) in [6, 6.07) is 0. The molecule has 0 saturated heterocycles. The molecule has 0 bridgehead atoms. The lowest BCUT2D eigenvalue weighted by atomic mass is 10.0. The standard InChI is InChI=1S/C8H12F3/c9-8(10,11)7-5-3-1-2-4-6-7/h3,7H,1-2,4-6H2. The van der Waals surface area contributed by atoms with E-state index in [-0.39, 0.29) is 6.42 Å². The first-order valence-electron chi connectivity index (χ1n) is 3.99. The lowest BCUT2D eigenvalue weighted by Crippen LogP contribution is -2.21. The third kappa shape index (κ3) is 2.72. The molecule has 1 saturated carbocycles. The van der Waals surface area contributed by atoms with Crippen molar-refractivity contribution in [3.63, 3.8) is 0 Å². The maximum absolute atomic E-state index is 12.1. The molecule has 1 fully saturated rings. The van der Waals surface area contributed by atoms with E-state index in [2.05, 4.69) is 0 Å². The van der Waals surface area contributed by atoms with Crippen LogP contribution in [0.3, 0.4) is 0 Å². The van der Waals surface area contributed by atoms with Gasteiger partial charge in [0.1, 0.15) is 0 Å². The minimum absolute atomic E-state index is 0.226. The predicted octanol–water partition coefficient (Wildman–Crippen LogP) is 3.33. The zero-order valence-electron chi connectivity index (χ0n) is 6.32. The predicted molar refractivity (Wildman–Crippen MR) is 36.9 cm³/mol. The molecule has 11 heavy (non-hydrogen) atoms. The first-order chi connectivity index (χ1) is 5.11. The third-order valence-corrected chi connectivity index (χ3v) is 2.12. The first-order valence-corrected chi connectivity index (χ1v) is 3.99. The van der Waals surface area contributed by atoms with Crippen LogP contribution in [0.15, 0.2) is 0 Å². The van der Waals surface area contributed by atoms with Gasteiger partial charge in [0.05, 0.1) is 5.92 Å². The number of hydrogen-bond donors (Lipinski definition) is 0. The van der Waals surface area contributed by atoms with Crippen LogP contribution in [0.1, 0.15) is 32.1 Å². The Kier molecular flexibility index (Phi) is 2.79. The van der Waals surface area contributed by atoms with Gasteiger partial charge in [0.15, 0.2) is 0 Å². The lowest BCUT2D eigenvalue weighted by molar-refractivity contribution is -0.175. The summed E-state index contributed by atoms with van der Waals surface area (Å²) in [4.78, 5) is 0. The van der Waals surface area contributed by atoms with E-state index in [1.165, 1.54) is 0 Å². The molecule has 0 N–H and O–H groups in total. The molecule has 1 aliphatic rings. The van der Waals surface area contributed by atoms with Crippen LogP contribution in [0.25, 0.3) is 0 Å². The SMILES string of the molecule is FC(F)(F)C1C[CH]CCCC1. The Labute approximate surface area is 64.8 Å². The van der Waals surface area contributed by atoms with Crippen LogP contribution >= 0.6 is 0 Å². The Morgan fingerprint density at radius 3 is 2.55 bits per heavy atom. The molecule has 0 nitrogen and oxygen atoms in total. The molecule has 0 aromatic carbocycles. The lowest BCUT2D eigenvalue weighted by Gasteiger charge is -2.17. The molecular weight excluding hydrogens is 153 g/mol. The minimum Gasteiger partial charge on any atom is -0.171 e. The normalized spacial score (nSPS) is 23.2. The van der Waals surface area contributed by atoms with Crippen molar-refractivity contribution in [3.8, 4) is 0 Å². The zero-order chi connectivity index (χ0) is 8.32. The highest BCUT2D eigenvalue weighted by molar-refractivity contribution is 4.79. The Bertz CT molecular complexity index is 109. The summed E-state index contributed by atoms with van der Waals surface area (Å²) in [5.74, 6) is -1.06. The fourth-order valence-electron chi connectivity index (χ4n) is 1.41. The molecule has 1 atom stereocenters. The molecule has 1 radical (unpaired) electrons. The largest absolute Gasteiger partial charge is 0.391 e. The summed E-state index contributed by atoms with van der Waals surface area (Å²) in [5, 5.41) is 0. The van der Waals surface area contributed by atoms with Crippen molar-refractivity contribution in [1.29, 1.82) is 0 Å². The second-order valence-corrected chi connectivity index (χ2v) is 3.05. The number of hydrogen-bond acceptors (Lipinski definition) is 0.